The van der Waals surface area contributed by atoms with Crippen LogP contribution in [0.2, 0.25) is 0 Å². The van der Waals surface area contributed by atoms with Crippen LogP contribution < -0.4 is 5.32 Å². The van der Waals surface area contributed by atoms with Crippen LogP contribution in [-0.2, 0) is 11.2 Å². The maximum Gasteiger partial charge on any atom is 0.0730 e. The van der Waals surface area contributed by atoms with Gasteiger partial charge in [0.25, 0.3) is 0 Å². The molecule has 2 rings (SSSR count). The SMILES string of the molecule is CCCNC1CCC(C)CC1OCCCc1ccccc1. The van der Waals surface area contributed by atoms with Crippen molar-refractivity contribution in [2.75, 3.05) is 13.2 Å². The molecule has 1 saturated carbocycles. The van der Waals surface area contributed by atoms with Gasteiger partial charge in [-0.1, -0.05) is 44.2 Å². The van der Waals surface area contributed by atoms with E-state index in [-0.39, 0.29) is 0 Å². The highest BCUT2D eigenvalue weighted by molar-refractivity contribution is 5.14. The minimum absolute atomic E-state index is 0.413. The van der Waals surface area contributed by atoms with E-state index in [4.69, 9.17) is 4.74 Å². The average Bonchev–Trinajstić information content (AvgIpc) is 2.52. The van der Waals surface area contributed by atoms with Gasteiger partial charge in [-0.25, -0.2) is 0 Å². The summed E-state index contributed by atoms with van der Waals surface area (Å²) >= 11 is 0. The minimum atomic E-state index is 0.413. The molecule has 0 aromatic heterocycles. The lowest BCUT2D eigenvalue weighted by Crippen LogP contribution is -2.45. The molecular weight excluding hydrogens is 258 g/mol. The van der Waals surface area contributed by atoms with Gasteiger partial charge in [-0.2, -0.15) is 0 Å². The zero-order valence-corrected chi connectivity index (χ0v) is 13.7. The van der Waals surface area contributed by atoms with Crippen LogP contribution >= 0.6 is 0 Å². The predicted octanol–water partition coefficient (Wildman–Crippen LogP) is 4.19. The zero-order valence-electron chi connectivity index (χ0n) is 13.7. The Hall–Kier alpha value is -0.860. The van der Waals surface area contributed by atoms with Gasteiger partial charge in [-0.05, 0) is 56.6 Å². The van der Waals surface area contributed by atoms with E-state index in [0.29, 0.717) is 12.1 Å². The Bertz CT molecular complexity index is 376. The number of ether oxygens (including phenoxy) is 1. The number of hydrogen-bond donors (Lipinski definition) is 1. The van der Waals surface area contributed by atoms with Crippen LogP contribution in [-0.4, -0.2) is 25.3 Å². The lowest BCUT2D eigenvalue weighted by Gasteiger charge is -2.35. The van der Waals surface area contributed by atoms with Crippen LogP contribution in [0.1, 0.15) is 51.5 Å². The van der Waals surface area contributed by atoms with Crippen LogP contribution in [0.25, 0.3) is 0 Å². The Labute approximate surface area is 130 Å². The highest BCUT2D eigenvalue weighted by Gasteiger charge is 2.28. The number of hydrogen-bond acceptors (Lipinski definition) is 2. The summed E-state index contributed by atoms with van der Waals surface area (Å²) in [5.41, 5.74) is 1.42. The summed E-state index contributed by atoms with van der Waals surface area (Å²) in [7, 11) is 0. The van der Waals surface area contributed by atoms with Crippen molar-refractivity contribution < 1.29 is 4.74 Å². The summed E-state index contributed by atoms with van der Waals surface area (Å²) in [6.07, 6.45) is 7.68. The molecule has 0 aliphatic heterocycles. The van der Waals surface area contributed by atoms with Crippen molar-refractivity contribution in [3.05, 3.63) is 35.9 Å². The highest BCUT2D eigenvalue weighted by atomic mass is 16.5. The first-order chi connectivity index (χ1) is 10.3. The molecule has 0 bridgehead atoms. The molecular formula is C19H31NO. The van der Waals surface area contributed by atoms with Crippen molar-refractivity contribution in [2.45, 2.75) is 64.5 Å². The second kappa shape index (κ2) is 9.22. The minimum Gasteiger partial charge on any atom is -0.377 e. The third-order valence-corrected chi connectivity index (χ3v) is 4.49. The maximum absolute atomic E-state index is 6.22. The van der Waals surface area contributed by atoms with Gasteiger partial charge >= 0.3 is 0 Å². The summed E-state index contributed by atoms with van der Waals surface area (Å²) in [4.78, 5) is 0. The fourth-order valence-electron chi connectivity index (χ4n) is 3.23. The first-order valence-corrected chi connectivity index (χ1v) is 8.68. The Morgan fingerprint density at radius 1 is 1.19 bits per heavy atom. The molecule has 1 fully saturated rings. The van der Waals surface area contributed by atoms with E-state index in [0.717, 1.165) is 31.9 Å². The van der Waals surface area contributed by atoms with E-state index >= 15 is 0 Å². The lowest BCUT2D eigenvalue weighted by molar-refractivity contribution is -0.00828. The zero-order chi connectivity index (χ0) is 14.9. The second-order valence-corrected chi connectivity index (χ2v) is 6.48. The Morgan fingerprint density at radius 3 is 2.76 bits per heavy atom. The molecule has 0 heterocycles. The Kier molecular flexibility index (Phi) is 7.25. The molecule has 1 aromatic carbocycles. The quantitative estimate of drug-likeness (QED) is 0.724. The summed E-state index contributed by atoms with van der Waals surface area (Å²) in [6, 6.07) is 11.3. The van der Waals surface area contributed by atoms with E-state index in [1.807, 2.05) is 0 Å². The van der Waals surface area contributed by atoms with Gasteiger partial charge in [0.2, 0.25) is 0 Å². The van der Waals surface area contributed by atoms with Gasteiger partial charge in [0.05, 0.1) is 6.10 Å². The fraction of sp³-hybridized carbons (Fsp3) is 0.684. The van der Waals surface area contributed by atoms with E-state index in [9.17, 15) is 0 Å². The van der Waals surface area contributed by atoms with Gasteiger partial charge in [-0.15, -0.1) is 0 Å². The third-order valence-electron chi connectivity index (χ3n) is 4.49. The highest BCUT2D eigenvalue weighted by Crippen LogP contribution is 2.26. The van der Waals surface area contributed by atoms with E-state index in [1.165, 1.54) is 31.2 Å². The molecule has 3 atom stereocenters. The first-order valence-electron chi connectivity index (χ1n) is 8.68. The average molecular weight is 289 g/mol. The van der Waals surface area contributed by atoms with E-state index < -0.39 is 0 Å². The monoisotopic (exact) mass is 289 g/mol. The van der Waals surface area contributed by atoms with Gasteiger partial charge in [0.1, 0.15) is 0 Å². The number of aryl methyl sites for hydroxylation is 1. The summed E-state index contributed by atoms with van der Waals surface area (Å²) in [5, 5.41) is 3.68. The van der Waals surface area contributed by atoms with Crippen LogP contribution in [0.15, 0.2) is 30.3 Å². The molecule has 3 unspecified atom stereocenters. The predicted molar refractivity (Wildman–Crippen MR) is 89.6 cm³/mol. The van der Waals surface area contributed by atoms with Gasteiger partial charge in [0, 0.05) is 12.6 Å². The van der Waals surface area contributed by atoms with Crippen LogP contribution in [0.3, 0.4) is 0 Å². The molecule has 1 aliphatic rings. The van der Waals surface area contributed by atoms with E-state index in [1.54, 1.807) is 0 Å². The molecule has 0 saturated heterocycles. The van der Waals surface area contributed by atoms with Crippen LogP contribution in [0.4, 0.5) is 0 Å². The normalized spacial score (nSPS) is 25.9. The van der Waals surface area contributed by atoms with Crippen molar-refractivity contribution in [2.24, 2.45) is 5.92 Å². The summed E-state index contributed by atoms with van der Waals surface area (Å²) in [5.74, 6) is 0.809. The molecule has 118 valence electrons. The summed E-state index contributed by atoms with van der Waals surface area (Å²) < 4.78 is 6.22. The molecule has 2 nitrogen and oxygen atoms in total. The van der Waals surface area contributed by atoms with Crippen LogP contribution in [0.5, 0.6) is 0 Å². The number of nitrogens with one attached hydrogen (secondary N) is 1. The van der Waals surface area contributed by atoms with Crippen molar-refractivity contribution in [1.82, 2.24) is 5.32 Å². The molecule has 2 heteroatoms. The van der Waals surface area contributed by atoms with Crippen LogP contribution in [0, 0.1) is 5.92 Å². The van der Waals surface area contributed by atoms with Crippen molar-refractivity contribution in [3.8, 4) is 0 Å². The van der Waals surface area contributed by atoms with Crippen molar-refractivity contribution in [3.63, 3.8) is 0 Å². The van der Waals surface area contributed by atoms with E-state index in [2.05, 4.69) is 49.5 Å². The molecule has 0 spiro atoms. The molecule has 0 amide bonds. The topological polar surface area (TPSA) is 21.3 Å². The fourth-order valence-corrected chi connectivity index (χ4v) is 3.23. The van der Waals surface area contributed by atoms with Gasteiger partial charge in [-0.3, -0.25) is 0 Å². The maximum atomic E-state index is 6.22. The third kappa shape index (κ3) is 5.80. The largest absolute Gasteiger partial charge is 0.377 e. The molecule has 21 heavy (non-hydrogen) atoms. The molecule has 1 N–H and O–H groups in total. The standard InChI is InChI=1S/C19H31NO/c1-3-13-20-18-12-11-16(2)15-19(18)21-14-7-10-17-8-5-4-6-9-17/h4-6,8-9,16,18-20H,3,7,10-15H2,1-2H3. The Morgan fingerprint density at radius 2 is 2.00 bits per heavy atom. The first kappa shape index (κ1) is 16.5. The lowest BCUT2D eigenvalue weighted by atomic mass is 9.85. The number of rotatable bonds is 8. The van der Waals surface area contributed by atoms with Gasteiger partial charge < -0.3 is 10.1 Å². The Balaban J connectivity index is 1.71. The summed E-state index contributed by atoms with van der Waals surface area (Å²) in [6.45, 7) is 6.59. The number of benzene rings is 1. The smallest absolute Gasteiger partial charge is 0.0730 e. The molecule has 1 aromatic rings. The van der Waals surface area contributed by atoms with Crippen molar-refractivity contribution >= 4 is 0 Å². The molecule has 1 aliphatic carbocycles. The molecule has 0 radical (unpaired) electrons. The van der Waals surface area contributed by atoms with Gasteiger partial charge in [0.15, 0.2) is 0 Å². The van der Waals surface area contributed by atoms with Crippen molar-refractivity contribution in [1.29, 1.82) is 0 Å². The second-order valence-electron chi connectivity index (χ2n) is 6.48.